The van der Waals surface area contributed by atoms with E-state index in [2.05, 4.69) is 38.3 Å². The third-order valence-corrected chi connectivity index (χ3v) is 4.73. The van der Waals surface area contributed by atoms with Gasteiger partial charge in [0.2, 0.25) is 5.91 Å². The van der Waals surface area contributed by atoms with Crippen LogP contribution in [0.15, 0.2) is 0 Å². The molecule has 4 nitrogen and oxygen atoms in total. The summed E-state index contributed by atoms with van der Waals surface area (Å²) < 4.78 is 0. The van der Waals surface area contributed by atoms with Crippen LogP contribution in [0.4, 0.5) is 0 Å². The summed E-state index contributed by atoms with van der Waals surface area (Å²) in [6.07, 6.45) is 0.148. The summed E-state index contributed by atoms with van der Waals surface area (Å²) in [6.45, 7) is 9.23. The number of hydrogen-bond donors (Lipinski definition) is 3. The summed E-state index contributed by atoms with van der Waals surface area (Å²) >= 11 is 0. The fourth-order valence-corrected chi connectivity index (χ4v) is 2.72. The molecule has 0 bridgehead atoms. The molecule has 1 saturated carbocycles. The van der Waals surface area contributed by atoms with Crippen molar-refractivity contribution in [2.75, 3.05) is 6.54 Å². The number of β-amino-alcohol motifs (C(OH)–C–C–N with tert-alkyl or cyclic N) is 1. The quantitative estimate of drug-likeness (QED) is 0.633. The average molecular weight is 226 g/mol. The Balaban J connectivity index is 1.90. The van der Waals surface area contributed by atoms with Crippen LogP contribution >= 0.6 is 0 Å². The molecule has 1 aliphatic carbocycles. The first-order chi connectivity index (χ1) is 7.26. The van der Waals surface area contributed by atoms with Gasteiger partial charge in [0.25, 0.3) is 0 Å². The van der Waals surface area contributed by atoms with Gasteiger partial charge in [-0.3, -0.25) is 4.79 Å². The minimum atomic E-state index is -0.379. The Labute approximate surface area is 96.8 Å². The second kappa shape index (κ2) is 3.44. The molecule has 2 atom stereocenters. The Morgan fingerprint density at radius 2 is 1.88 bits per heavy atom. The molecule has 0 aromatic rings. The topological polar surface area (TPSA) is 61.4 Å². The molecule has 1 saturated heterocycles. The number of hydrogen-bond acceptors (Lipinski definition) is 3. The first kappa shape index (κ1) is 11.9. The summed E-state index contributed by atoms with van der Waals surface area (Å²) in [4.78, 5) is 11.9. The largest absolute Gasteiger partial charge is 0.392 e. The zero-order chi connectivity index (χ0) is 12.1. The molecule has 2 unspecified atom stereocenters. The molecule has 2 aliphatic rings. The monoisotopic (exact) mass is 226 g/mol. The predicted octanol–water partition coefficient (Wildman–Crippen LogP) is 0.260. The molecule has 4 heteroatoms. The van der Waals surface area contributed by atoms with Crippen molar-refractivity contribution < 1.29 is 9.90 Å². The van der Waals surface area contributed by atoms with Crippen LogP contribution in [0.3, 0.4) is 0 Å². The molecule has 1 heterocycles. The summed E-state index contributed by atoms with van der Waals surface area (Å²) in [5.74, 6) is 0.0280. The van der Waals surface area contributed by atoms with E-state index in [4.69, 9.17) is 0 Å². The molecule has 1 aliphatic heterocycles. The Hall–Kier alpha value is -0.610. The van der Waals surface area contributed by atoms with Gasteiger partial charge in [0.05, 0.1) is 12.1 Å². The Bertz CT molecular complexity index is 298. The van der Waals surface area contributed by atoms with E-state index in [1.807, 2.05) is 0 Å². The van der Waals surface area contributed by atoms with E-state index in [-0.39, 0.29) is 34.9 Å². The number of nitrogens with one attached hydrogen (secondary N) is 2. The second-order valence-electron chi connectivity index (χ2n) is 6.24. The van der Waals surface area contributed by atoms with E-state index < -0.39 is 0 Å². The van der Waals surface area contributed by atoms with E-state index in [9.17, 15) is 9.90 Å². The Kier molecular flexibility index (Phi) is 2.55. The third-order valence-electron chi connectivity index (χ3n) is 4.73. The van der Waals surface area contributed by atoms with Gasteiger partial charge in [-0.25, -0.2) is 0 Å². The lowest BCUT2D eigenvalue weighted by Crippen LogP contribution is -2.42. The van der Waals surface area contributed by atoms with Gasteiger partial charge in [0.1, 0.15) is 0 Å². The highest BCUT2D eigenvalue weighted by Crippen LogP contribution is 2.62. The average Bonchev–Trinajstić information content (AvgIpc) is 2.58. The summed E-state index contributed by atoms with van der Waals surface area (Å²) in [6, 6.07) is 0.0224. The first-order valence-corrected chi connectivity index (χ1v) is 5.98. The van der Waals surface area contributed by atoms with E-state index in [0.717, 1.165) is 0 Å². The normalized spacial score (nSPS) is 36.1. The van der Waals surface area contributed by atoms with E-state index >= 15 is 0 Å². The van der Waals surface area contributed by atoms with E-state index in [0.29, 0.717) is 13.0 Å². The maximum atomic E-state index is 11.9. The molecular formula is C12H22N2O2. The van der Waals surface area contributed by atoms with Crippen molar-refractivity contribution in [2.45, 2.75) is 52.3 Å². The van der Waals surface area contributed by atoms with Gasteiger partial charge in [-0.2, -0.15) is 0 Å². The summed E-state index contributed by atoms with van der Waals surface area (Å²) in [7, 11) is 0. The Morgan fingerprint density at radius 3 is 2.25 bits per heavy atom. The molecule has 0 aromatic carbocycles. The van der Waals surface area contributed by atoms with Crippen LogP contribution in [-0.2, 0) is 4.79 Å². The van der Waals surface area contributed by atoms with Gasteiger partial charge in [-0.15, -0.1) is 0 Å². The summed E-state index contributed by atoms with van der Waals surface area (Å²) in [5.41, 5.74) is 0.333. The number of amides is 1. The second-order valence-corrected chi connectivity index (χ2v) is 6.24. The van der Waals surface area contributed by atoms with Crippen molar-refractivity contribution >= 4 is 5.91 Å². The number of carbonyl (C=O) groups is 1. The first-order valence-electron chi connectivity index (χ1n) is 5.98. The van der Waals surface area contributed by atoms with Crippen LogP contribution in [0.25, 0.3) is 0 Å². The lowest BCUT2D eigenvalue weighted by molar-refractivity contribution is -0.123. The van der Waals surface area contributed by atoms with Crippen LogP contribution in [0.5, 0.6) is 0 Å². The minimum Gasteiger partial charge on any atom is -0.392 e. The fourth-order valence-electron chi connectivity index (χ4n) is 2.72. The van der Waals surface area contributed by atoms with Crippen LogP contribution in [-0.4, -0.2) is 35.7 Å². The molecule has 2 fully saturated rings. The van der Waals surface area contributed by atoms with E-state index in [1.165, 1.54) is 0 Å². The fraction of sp³-hybridized carbons (Fsp3) is 0.917. The number of carbonyl (C=O) groups excluding carboxylic acids is 1. The van der Waals surface area contributed by atoms with Gasteiger partial charge < -0.3 is 15.7 Å². The van der Waals surface area contributed by atoms with Crippen molar-refractivity contribution in [3.05, 3.63) is 0 Å². The van der Waals surface area contributed by atoms with Crippen molar-refractivity contribution in [3.8, 4) is 0 Å². The molecular weight excluding hydrogens is 204 g/mol. The van der Waals surface area contributed by atoms with E-state index in [1.54, 1.807) is 0 Å². The molecule has 16 heavy (non-hydrogen) atoms. The lowest BCUT2D eigenvalue weighted by Gasteiger charge is -2.12. The number of aliphatic hydroxyl groups is 1. The zero-order valence-corrected chi connectivity index (χ0v) is 10.5. The maximum absolute atomic E-state index is 11.9. The van der Waals surface area contributed by atoms with Crippen molar-refractivity contribution in [1.29, 1.82) is 0 Å². The van der Waals surface area contributed by atoms with Crippen molar-refractivity contribution in [3.63, 3.8) is 0 Å². The van der Waals surface area contributed by atoms with Crippen LogP contribution < -0.4 is 10.6 Å². The van der Waals surface area contributed by atoms with Crippen molar-refractivity contribution in [1.82, 2.24) is 10.6 Å². The van der Waals surface area contributed by atoms with Crippen LogP contribution in [0.2, 0.25) is 0 Å². The highest BCUT2D eigenvalue weighted by atomic mass is 16.3. The van der Waals surface area contributed by atoms with Gasteiger partial charge in [-0.05, 0) is 17.3 Å². The predicted molar refractivity (Wildman–Crippen MR) is 61.9 cm³/mol. The van der Waals surface area contributed by atoms with Crippen LogP contribution in [0, 0.1) is 10.8 Å². The maximum Gasteiger partial charge on any atom is 0.237 e. The SMILES string of the molecule is CC1(C)C(NC(=O)C2CC(O)CN2)C1(C)C. The number of rotatable bonds is 2. The van der Waals surface area contributed by atoms with Crippen LogP contribution in [0.1, 0.15) is 34.1 Å². The number of aliphatic hydroxyl groups excluding tert-OH is 1. The van der Waals surface area contributed by atoms with Gasteiger partial charge >= 0.3 is 0 Å². The molecule has 0 aromatic heterocycles. The molecule has 0 radical (unpaired) electrons. The minimum absolute atomic E-state index is 0.0280. The standard InChI is InChI=1S/C12H22N2O2/c1-11(2)10(12(11,3)4)14-9(16)8-5-7(15)6-13-8/h7-8,10,13,15H,5-6H2,1-4H3,(H,14,16). The highest BCUT2D eigenvalue weighted by molar-refractivity contribution is 5.83. The molecule has 1 amide bonds. The highest BCUT2D eigenvalue weighted by Gasteiger charge is 2.65. The van der Waals surface area contributed by atoms with Gasteiger partial charge in [0, 0.05) is 12.6 Å². The molecule has 0 spiro atoms. The molecule has 92 valence electrons. The smallest absolute Gasteiger partial charge is 0.237 e. The van der Waals surface area contributed by atoms with Gasteiger partial charge in [-0.1, -0.05) is 27.7 Å². The lowest BCUT2D eigenvalue weighted by atomic mass is 10.0. The third kappa shape index (κ3) is 1.64. The zero-order valence-electron chi connectivity index (χ0n) is 10.5. The summed E-state index contributed by atoms with van der Waals surface area (Å²) in [5, 5.41) is 15.5. The molecule has 2 rings (SSSR count). The molecule has 3 N–H and O–H groups in total. The van der Waals surface area contributed by atoms with Gasteiger partial charge in [0.15, 0.2) is 0 Å². The Morgan fingerprint density at radius 1 is 1.31 bits per heavy atom. The van der Waals surface area contributed by atoms with Crippen molar-refractivity contribution in [2.24, 2.45) is 10.8 Å².